The third kappa shape index (κ3) is 4.28. The van der Waals surface area contributed by atoms with Gasteiger partial charge in [0.2, 0.25) is 0 Å². The lowest BCUT2D eigenvalue weighted by atomic mass is 9.91. The van der Waals surface area contributed by atoms with Gasteiger partial charge in [0, 0.05) is 25.8 Å². The molecule has 2 aliphatic heterocycles. The number of carbonyl (C=O) groups excluding carboxylic acids is 1. The van der Waals surface area contributed by atoms with Gasteiger partial charge < -0.3 is 4.90 Å². The maximum atomic E-state index is 13.6. The van der Waals surface area contributed by atoms with Crippen molar-refractivity contribution in [1.82, 2.24) is 14.3 Å². The smallest absolute Gasteiger partial charge is 0.267 e. The van der Waals surface area contributed by atoms with E-state index in [1.165, 1.54) is 11.8 Å². The third-order valence-electron chi connectivity index (χ3n) is 5.75. The van der Waals surface area contributed by atoms with Gasteiger partial charge in [-0.15, -0.1) is 0 Å². The maximum Gasteiger partial charge on any atom is 0.267 e. The molecule has 0 N–H and O–H groups in total. The van der Waals surface area contributed by atoms with E-state index < -0.39 is 0 Å². The highest BCUT2D eigenvalue weighted by Crippen LogP contribution is 2.34. The Bertz CT molecular complexity index is 1130. The molecule has 2 aromatic rings. The number of thioether (sulfide) groups is 1. The first-order valence-corrected chi connectivity index (χ1v) is 12.0. The molecule has 1 amide bonds. The number of aryl methyl sites for hydroxylation is 1. The van der Waals surface area contributed by atoms with Crippen LogP contribution in [0.3, 0.4) is 0 Å². The van der Waals surface area contributed by atoms with Crippen molar-refractivity contribution in [1.29, 1.82) is 0 Å². The predicted octanol–water partition coefficient (Wildman–Crippen LogP) is 4.10. The van der Waals surface area contributed by atoms with Gasteiger partial charge in [0.15, 0.2) is 0 Å². The molecule has 0 saturated carbocycles. The lowest BCUT2D eigenvalue weighted by Crippen LogP contribution is -2.40. The SMILES string of the molecule is CCCN1C(=O)/C(=C/c2c(N3CC(C)CC(C)C3)nc3ccc(C)cn3c2=O)SC1=S. The van der Waals surface area contributed by atoms with E-state index >= 15 is 0 Å². The topological polar surface area (TPSA) is 57.9 Å². The number of fused-ring (bicyclic) bond motifs is 1. The Morgan fingerprint density at radius 2 is 1.94 bits per heavy atom. The Kier molecular flexibility index (Phi) is 6.21. The van der Waals surface area contributed by atoms with Crippen LogP contribution in [0.25, 0.3) is 11.7 Å². The van der Waals surface area contributed by atoms with Gasteiger partial charge in [0.05, 0.1) is 10.5 Å². The second-order valence-electron chi connectivity index (χ2n) is 8.77. The molecule has 2 fully saturated rings. The third-order valence-corrected chi connectivity index (χ3v) is 7.13. The largest absolute Gasteiger partial charge is 0.355 e. The van der Waals surface area contributed by atoms with Gasteiger partial charge in [-0.2, -0.15) is 0 Å². The highest BCUT2D eigenvalue weighted by atomic mass is 32.2. The molecule has 2 aliphatic rings. The van der Waals surface area contributed by atoms with Gasteiger partial charge >= 0.3 is 0 Å². The summed E-state index contributed by atoms with van der Waals surface area (Å²) in [5.41, 5.74) is 1.90. The number of hydrogen-bond acceptors (Lipinski definition) is 6. The van der Waals surface area contributed by atoms with E-state index in [2.05, 4.69) is 18.7 Å². The van der Waals surface area contributed by atoms with Crippen molar-refractivity contribution in [3.8, 4) is 0 Å². The molecule has 31 heavy (non-hydrogen) atoms. The number of thiocarbonyl (C=S) groups is 1. The van der Waals surface area contributed by atoms with E-state index in [4.69, 9.17) is 17.2 Å². The van der Waals surface area contributed by atoms with Crippen LogP contribution in [0.2, 0.25) is 0 Å². The van der Waals surface area contributed by atoms with Crippen LogP contribution in [0.1, 0.15) is 44.7 Å². The summed E-state index contributed by atoms with van der Waals surface area (Å²) in [4.78, 5) is 35.7. The molecule has 2 unspecified atom stereocenters. The number of anilines is 1. The molecule has 0 radical (unpaired) electrons. The molecule has 2 saturated heterocycles. The zero-order valence-electron chi connectivity index (χ0n) is 18.4. The first-order valence-electron chi connectivity index (χ1n) is 10.8. The minimum atomic E-state index is -0.157. The maximum absolute atomic E-state index is 13.6. The lowest BCUT2D eigenvalue weighted by Gasteiger charge is -2.36. The molecule has 164 valence electrons. The number of piperidine rings is 1. The van der Waals surface area contributed by atoms with Gasteiger partial charge in [0.1, 0.15) is 15.8 Å². The van der Waals surface area contributed by atoms with Crippen LogP contribution in [0.15, 0.2) is 28.0 Å². The van der Waals surface area contributed by atoms with Crippen LogP contribution < -0.4 is 10.5 Å². The summed E-state index contributed by atoms with van der Waals surface area (Å²) < 4.78 is 2.12. The Hall–Kier alpha value is -2.19. The summed E-state index contributed by atoms with van der Waals surface area (Å²) in [7, 11) is 0. The number of nitrogens with zero attached hydrogens (tertiary/aromatic N) is 4. The van der Waals surface area contributed by atoms with E-state index in [9.17, 15) is 9.59 Å². The molecular weight excluding hydrogens is 428 g/mol. The van der Waals surface area contributed by atoms with Crippen molar-refractivity contribution in [3.05, 3.63) is 44.7 Å². The number of pyridine rings is 1. The van der Waals surface area contributed by atoms with Crippen molar-refractivity contribution >= 4 is 51.7 Å². The molecule has 2 aromatic heterocycles. The van der Waals surface area contributed by atoms with E-state index in [1.807, 2.05) is 26.0 Å². The highest BCUT2D eigenvalue weighted by molar-refractivity contribution is 8.26. The Labute approximate surface area is 192 Å². The molecular formula is C23H28N4O2S2. The van der Waals surface area contributed by atoms with Crippen LogP contribution in [0.5, 0.6) is 0 Å². The van der Waals surface area contributed by atoms with Crippen molar-refractivity contribution in [3.63, 3.8) is 0 Å². The highest BCUT2D eigenvalue weighted by Gasteiger charge is 2.33. The standard InChI is InChI=1S/C23H28N4O2S2/c1-5-8-26-22(29)18(31-23(26)30)10-17-20(25-11-15(3)9-16(4)12-25)24-19-7-6-14(2)13-27(19)21(17)28/h6-7,10,13,15-16H,5,8-9,11-12H2,1-4H3/b18-10-. The van der Waals surface area contributed by atoms with Crippen LogP contribution >= 0.6 is 24.0 Å². The first-order chi connectivity index (χ1) is 14.8. The fourth-order valence-corrected chi connectivity index (χ4v) is 5.79. The van der Waals surface area contributed by atoms with E-state index in [0.717, 1.165) is 31.5 Å². The normalized spacial score (nSPS) is 23.4. The van der Waals surface area contributed by atoms with Crippen molar-refractivity contribution in [2.24, 2.45) is 11.8 Å². The molecule has 2 atom stereocenters. The van der Waals surface area contributed by atoms with Crippen LogP contribution in [-0.4, -0.2) is 44.1 Å². The number of carbonyl (C=O) groups is 1. The monoisotopic (exact) mass is 456 g/mol. The number of aromatic nitrogens is 2. The van der Waals surface area contributed by atoms with Crippen LogP contribution in [-0.2, 0) is 4.79 Å². The Balaban J connectivity index is 1.88. The Morgan fingerprint density at radius 1 is 1.23 bits per heavy atom. The summed E-state index contributed by atoms with van der Waals surface area (Å²) in [5.74, 6) is 1.56. The molecule has 0 spiro atoms. The average Bonchev–Trinajstić information content (AvgIpc) is 2.97. The zero-order chi connectivity index (χ0) is 22.3. The first kappa shape index (κ1) is 22.0. The van der Waals surface area contributed by atoms with Gasteiger partial charge in [-0.05, 0) is 49.3 Å². The molecule has 0 aromatic carbocycles. The minimum Gasteiger partial charge on any atom is -0.355 e. The molecule has 0 aliphatic carbocycles. The van der Waals surface area contributed by atoms with Crippen molar-refractivity contribution in [2.45, 2.75) is 40.5 Å². The summed E-state index contributed by atoms with van der Waals surface area (Å²) in [6.45, 7) is 10.7. The fraction of sp³-hybridized carbons (Fsp3) is 0.478. The van der Waals surface area contributed by atoms with Gasteiger partial charge in [-0.1, -0.05) is 50.8 Å². The Morgan fingerprint density at radius 3 is 2.61 bits per heavy atom. The summed E-state index contributed by atoms with van der Waals surface area (Å²) in [5, 5.41) is 0. The second-order valence-corrected chi connectivity index (χ2v) is 10.4. The second kappa shape index (κ2) is 8.74. The number of amides is 1. The van der Waals surface area contributed by atoms with Gasteiger partial charge in [-0.3, -0.25) is 18.9 Å². The van der Waals surface area contributed by atoms with E-state index in [1.54, 1.807) is 21.6 Å². The summed E-state index contributed by atoms with van der Waals surface area (Å²) >= 11 is 6.67. The van der Waals surface area contributed by atoms with Crippen molar-refractivity contribution < 1.29 is 4.79 Å². The van der Waals surface area contributed by atoms with Crippen molar-refractivity contribution in [2.75, 3.05) is 24.5 Å². The summed E-state index contributed by atoms with van der Waals surface area (Å²) in [6.07, 6.45) is 5.50. The van der Waals surface area contributed by atoms with Gasteiger partial charge in [0.25, 0.3) is 11.5 Å². The quantitative estimate of drug-likeness (QED) is 0.510. The minimum absolute atomic E-state index is 0.128. The average molecular weight is 457 g/mol. The molecule has 4 rings (SSSR count). The number of hydrogen-bond donors (Lipinski definition) is 0. The molecule has 0 bridgehead atoms. The summed E-state index contributed by atoms with van der Waals surface area (Å²) in [6, 6.07) is 3.84. The molecule has 4 heterocycles. The predicted molar refractivity (Wildman–Crippen MR) is 132 cm³/mol. The van der Waals surface area contributed by atoms with Crippen LogP contribution in [0, 0.1) is 18.8 Å². The molecule has 6 nitrogen and oxygen atoms in total. The fourth-order valence-electron chi connectivity index (χ4n) is 4.50. The lowest BCUT2D eigenvalue weighted by molar-refractivity contribution is -0.122. The van der Waals surface area contributed by atoms with Crippen LogP contribution in [0.4, 0.5) is 5.82 Å². The number of rotatable bonds is 4. The van der Waals surface area contributed by atoms with E-state index in [0.29, 0.717) is 44.6 Å². The van der Waals surface area contributed by atoms with E-state index in [-0.39, 0.29) is 11.5 Å². The zero-order valence-corrected chi connectivity index (χ0v) is 20.1. The van der Waals surface area contributed by atoms with Gasteiger partial charge in [-0.25, -0.2) is 4.98 Å². The molecule has 8 heteroatoms.